The van der Waals surface area contributed by atoms with E-state index in [0.29, 0.717) is 28.7 Å². The number of hydrogen-bond acceptors (Lipinski definition) is 6. The zero-order valence-electron chi connectivity index (χ0n) is 18.6. The van der Waals surface area contributed by atoms with Crippen LogP contribution in [-0.2, 0) is 11.2 Å². The van der Waals surface area contributed by atoms with Crippen LogP contribution >= 0.6 is 11.3 Å². The number of rotatable bonds is 9. The lowest BCUT2D eigenvalue weighted by Crippen LogP contribution is -2.05. The van der Waals surface area contributed by atoms with Gasteiger partial charge >= 0.3 is 5.97 Å². The van der Waals surface area contributed by atoms with Gasteiger partial charge < -0.3 is 10.1 Å². The fraction of sp³-hybridized carbons (Fsp3) is 0.269. The van der Waals surface area contributed by atoms with Crippen molar-refractivity contribution < 1.29 is 9.53 Å². The van der Waals surface area contributed by atoms with Gasteiger partial charge in [-0.2, -0.15) is 5.26 Å². The molecule has 2 aromatic carbocycles. The molecule has 32 heavy (non-hydrogen) atoms. The molecule has 0 aliphatic heterocycles. The molecule has 0 saturated carbocycles. The van der Waals surface area contributed by atoms with E-state index >= 15 is 0 Å². The van der Waals surface area contributed by atoms with E-state index < -0.39 is 0 Å². The number of carbonyl (C=O) groups excluding carboxylic acids is 1. The second-order valence-electron chi connectivity index (χ2n) is 7.86. The molecule has 0 amide bonds. The maximum atomic E-state index is 11.9. The number of carbonyl (C=O) groups is 1. The zero-order valence-corrected chi connectivity index (χ0v) is 19.4. The molecule has 0 bridgehead atoms. The second-order valence-corrected chi connectivity index (χ2v) is 8.72. The Kier molecular flexibility index (Phi) is 8.18. The van der Waals surface area contributed by atoms with Crippen LogP contribution in [0.5, 0.6) is 0 Å². The molecule has 1 aromatic heterocycles. The van der Waals surface area contributed by atoms with Gasteiger partial charge in [0, 0.05) is 22.8 Å². The Hall–Kier alpha value is -3.43. The first kappa shape index (κ1) is 23.2. The first-order valence-electron chi connectivity index (χ1n) is 10.7. The summed E-state index contributed by atoms with van der Waals surface area (Å²) in [7, 11) is 0. The molecular formula is C26H27N3O2S. The SMILES string of the molecule is CCCOC(=O)c1ccc(N/C=C(\C#N)c2nc(-c3ccc(CC(C)C)cc3)cs2)cc1. The maximum absolute atomic E-state index is 11.9. The normalized spacial score (nSPS) is 11.3. The minimum atomic E-state index is -0.334. The third-order valence-corrected chi connectivity index (χ3v) is 5.57. The number of esters is 1. The van der Waals surface area contributed by atoms with Crippen molar-refractivity contribution in [3.8, 4) is 17.3 Å². The highest BCUT2D eigenvalue weighted by Crippen LogP contribution is 2.27. The minimum Gasteiger partial charge on any atom is -0.462 e. The number of thiazole rings is 1. The standard InChI is InChI=1S/C26H27N3O2S/c1-4-13-31-26(30)21-9-11-23(12-10-21)28-16-22(15-27)25-29-24(17-32-25)20-7-5-19(6-8-20)14-18(2)3/h5-12,16-18,28H,4,13-14H2,1-3H3/b22-16+. The smallest absolute Gasteiger partial charge is 0.338 e. The van der Waals surface area contributed by atoms with Crippen LogP contribution in [0, 0.1) is 17.2 Å². The summed E-state index contributed by atoms with van der Waals surface area (Å²) in [6.45, 7) is 6.78. The van der Waals surface area contributed by atoms with Crippen LogP contribution in [0.3, 0.4) is 0 Å². The lowest BCUT2D eigenvalue weighted by Gasteiger charge is -2.05. The van der Waals surface area contributed by atoms with Gasteiger partial charge in [0.15, 0.2) is 0 Å². The highest BCUT2D eigenvalue weighted by Gasteiger charge is 2.10. The molecule has 164 valence electrons. The number of ether oxygens (including phenoxy) is 1. The van der Waals surface area contributed by atoms with Gasteiger partial charge in [0.1, 0.15) is 16.6 Å². The highest BCUT2D eigenvalue weighted by molar-refractivity contribution is 7.11. The Labute approximate surface area is 193 Å². The van der Waals surface area contributed by atoms with Gasteiger partial charge in [-0.1, -0.05) is 45.0 Å². The molecule has 1 N–H and O–H groups in total. The van der Waals surface area contributed by atoms with E-state index in [4.69, 9.17) is 4.74 Å². The monoisotopic (exact) mass is 445 g/mol. The molecule has 3 aromatic rings. The zero-order chi connectivity index (χ0) is 22.9. The number of anilines is 1. The number of nitrogens with one attached hydrogen (secondary N) is 1. The van der Waals surface area contributed by atoms with Gasteiger partial charge in [0.05, 0.1) is 17.9 Å². The number of benzene rings is 2. The number of aromatic nitrogens is 1. The first-order chi connectivity index (χ1) is 15.5. The molecule has 6 heteroatoms. The molecule has 0 atom stereocenters. The molecular weight excluding hydrogens is 418 g/mol. The van der Waals surface area contributed by atoms with E-state index in [-0.39, 0.29) is 5.97 Å². The van der Waals surface area contributed by atoms with Crippen LogP contribution in [0.4, 0.5) is 5.69 Å². The molecule has 0 unspecified atom stereocenters. The Bertz CT molecular complexity index is 1110. The fourth-order valence-electron chi connectivity index (χ4n) is 3.09. The fourth-order valence-corrected chi connectivity index (χ4v) is 3.89. The van der Waals surface area contributed by atoms with E-state index in [0.717, 1.165) is 29.8 Å². The topological polar surface area (TPSA) is 75.0 Å². The van der Waals surface area contributed by atoms with Crippen molar-refractivity contribution in [2.24, 2.45) is 5.92 Å². The lowest BCUT2D eigenvalue weighted by atomic mass is 10.0. The summed E-state index contributed by atoms with van der Waals surface area (Å²) < 4.78 is 5.13. The molecule has 0 radical (unpaired) electrons. The molecule has 0 saturated heterocycles. The van der Waals surface area contributed by atoms with Gasteiger partial charge in [-0.15, -0.1) is 11.3 Å². The van der Waals surface area contributed by atoms with Gasteiger partial charge in [0.25, 0.3) is 0 Å². The van der Waals surface area contributed by atoms with Crippen molar-refractivity contribution in [2.45, 2.75) is 33.6 Å². The van der Waals surface area contributed by atoms with Gasteiger partial charge in [-0.05, 0) is 48.6 Å². The van der Waals surface area contributed by atoms with E-state index in [1.54, 1.807) is 30.5 Å². The third-order valence-electron chi connectivity index (χ3n) is 4.69. The summed E-state index contributed by atoms with van der Waals surface area (Å²) in [5.74, 6) is 0.285. The Morgan fingerprint density at radius 1 is 1.19 bits per heavy atom. The summed E-state index contributed by atoms with van der Waals surface area (Å²) >= 11 is 1.44. The van der Waals surface area contributed by atoms with Crippen LogP contribution in [0.1, 0.15) is 48.1 Å². The van der Waals surface area contributed by atoms with Crippen LogP contribution in [0.15, 0.2) is 60.1 Å². The van der Waals surface area contributed by atoms with Crippen molar-refractivity contribution in [1.82, 2.24) is 4.98 Å². The average molecular weight is 446 g/mol. The quantitative estimate of drug-likeness (QED) is 0.298. The molecule has 0 spiro atoms. The number of nitriles is 1. The Balaban J connectivity index is 1.68. The summed E-state index contributed by atoms with van der Waals surface area (Å²) in [5.41, 5.74) is 4.92. The first-order valence-corrected chi connectivity index (χ1v) is 11.6. The third kappa shape index (κ3) is 6.29. The molecule has 5 nitrogen and oxygen atoms in total. The van der Waals surface area contributed by atoms with E-state index in [2.05, 4.69) is 54.5 Å². The number of nitrogens with zero attached hydrogens (tertiary/aromatic N) is 2. The molecule has 3 rings (SSSR count). The predicted molar refractivity (Wildman–Crippen MR) is 130 cm³/mol. The van der Waals surface area contributed by atoms with Crippen LogP contribution in [0.25, 0.3) is 16.8 Å². The van der Waals surface area contributed by atoms with Crippen molar-refractivity contribution in [3.05, 3.63) is 76.2 Å². The highest BCUT2D eigenvalue weighted by atomic mass is 32.1. The van der Waals surface area contributed by atoms with Crippen molar-refractivity contribution >= 4 is 28.6 Å². The van der Waals surface area contributed by atoms with Crippen molar-refractivity contribution in [2.75, 3.05) is 11.9 Å². The van der Waals surface area contributed by atoms with E-state index in [1.165, 1.54) is 16.9 Å². The molecule has 0 aliphatic carbocycles. The van der Waals surface area contributed by atoms with Gasteiger partial charge in [0.2, 0.25) is 0 Å². The molecule has 0 aliphatic rings. The molecule has 1 heterocycles. The van der Waals surface area contributed by atoms with Crippen molar-refractivity contribution in [3.63, 3.8) is 0 Å². The minimum absolute atomic E-state index is 0.334. The Morgan fingerprint density at radius 2 is 1.91 bits per heavy atom. The largest absolute Gasteiger partial charge is 0.462 e. The number of allylic oxidation sites excluding steroid dienone is 1. The van der Waals surface area contributed by atoms with E-state index in [9.17, 15) is 10.1 Å². The summed E-state index contributed by atoms with van der Waals surface area (Å²) in [4.78, 5) is 16.5. The second kappa shape index (κ2) is 11.3. The summed E-state index contributed by atoms with van der Waals surface area (Å²) in [6.07, 6.45) is 3.48. The Morgan fingerprint density at radius 3 is 2.53 bits per heavy atom. The van der Waals surface area contributed by atoms with Gasteiger partial charge in [-0.25, -0.2) is 9.78 Å². The van der Waals surface area contributed by atoms with Crippen LogP contribution in [0.2, 0.25) is 0 Å². The molecule has 0 fully saturated rings. The van der Waals surface area contributed by atoms with Gasteiger partial charge in [-0.3, -0.25) is 0 Å². The van der Waals surface area contributed by atoms with Crippen LogP contribution < -0.4 is 5.32 Å². The number of hydrogen-bond donors (Lipinski definition) is 1. The summed E-state index contributed by atoms with van der Waals surface area (Å²) in [6, 6.07) is 17.6. The maximum Gasteiger partial charge on any atom is 0.338 e. The lowest BCUT2D eigenvalue weighted by molar-refractivity contribution is 0.0505. The van der Waals surface area contributed by atoms with Crippen molar-refractivity contribution in [1.29, 1.82) is 5.26 Å². The predicted octanol–water partition coefficient (Wildman–Crippen LogP) is 6.55. The average Bonchev–Trinajstić information content (AvgIpc) is 3.28. The van der Waals surface area contributed by atoms with Crippen LogP contribution in [-0.4, -0.2) is 17.6 Å². The summed E-state index contributed by atoms with van der Waals surface area (Å²) in [5, 5.41) is 15.3. The van der Waals surface area contributed by atoms with E-state index in [1.807, 2.05) is 12.3 Å².